The molecule has 5 nitrogen and oxygen atoms in total. The van der Waals surface area contributed by atoms with Crippen LogP contribution in [0.4, 0.5) is 0 Å². The standard InChI is InChI=1S/C16H17NO4/c1-10(11-6-8-12(18)9-7-11)17(2)16(21)13-4-3-5-14(19)15(13)20/h3-10,18-20H,1-2H3. The van der Waals surface area contributed by atoms with Crippen molar-refractivity contribution in [2.45, 2.75) is 13.0 Å². The molecule has 110 valence electrons. The van der Waals surface area contributed by atoms with E-state index >= 15 is 0 Å². The van der Waals surface area contributed by atoms with Gasteiger partial charge in [0.2, 0.25) is 0 Å². The van der Waals surface area contributed by atoms with Gasteiger partial charge in [-0.05, 0) is 36.8 Å². The molecule has 2 aromatic rings. The fourth-order valence-electron chi connectivity index (χ4n) is 2.05. The van der Waals surface area contributed by atoms with Gasteiger partial charge in [-0.25, -0.2) is 0 Å². The van der Waals surface area contributed by atoms with Crippen molar-refractivity contribution < 1.29 is 20.1 Å². The van der Waals surface area contributed by atoms with Crippen molar-refractivity contribution in [1.82, 2.24) is 4.90 Å². The molecule has 1 amide bonds. The quantitative estimate of drug-likeness (QED) is 0.758. The van der Waals surface area contributed by atoms with Crippen LogP contribution in [0.1, 0.15) is 28.9 Å². The number of para-hydroxylation sites is 1. The van der Waals surface area contributed by atoms with Crippen LogP contribution in [0, 0.1) is 0 Å². The van der Waals surface area contributed by atoms with Gasteiger partial charge in [-0.2, -0.15) is 0 Å². The predicted molar refractivity (Wildman–Crippen MR) is 78.4 cm³/mol. The highest BCUT2D eigenvalue weighted by Gasteiger charge is 2.22. The Morgan fingerprint density at radius 1 is 1.05 bits per heavy atom. The monoisotopic (exact) mass is 287 g/mol. The first-order valence-corrected chi connectivity index (χ1v) is 6.49. The van der Waals surface area contributed by atoms with E-state index < -0.39 is 11.7 Å². The molecule has 0 bridgehead atoms. The van der Waals surface area contributed by atoms with Gasteiger partial charge in [0.25, 0.3) is 5.91 Å². The molecule has 0 heterocycles. The maximum Gasteiger partial charge on any atom is 0.258 e. The van der Waals surface area contributed by atoms with Crippen molar-refractivity contribution in [3.8, 4) is 17.2 Å². The van der Waals surface area contributed by atoms with E-state index in [4.69, 9.17) is 0 Å². The third kappa shape index (κ3) is 2.91. The Balaban J connectivity index is 2.26. The first-order valence-electron chi connectivity index (χ1n) is 6.49. The number of benzene rings is 2. The largest absolute Gasteiger partial charge is 0.508 e. The van der Waals surface area contributed by atoms with Crippen molar-refractivity contribution >= 4 is 5.91 Å². The number of amides is 1. The fourth-order valence-corrected chi connectivity index (χ4v) is 2.05. The molecule has 0 radical (unpaired) electrons. The van der Waals surface area contributed by atoms with Crippen molar-refractivity contribution in [2.75, 3.05) is 7.05 Å². The zero-order chi connectivity index (χ0) is 15.6. The molecule has 2 rings (SSSR count). The van der Waals surface area contributed by atoms with Crippen LogP contribution < -0.4 is 0 Å². The van der Waals surface area contributed by atoms with Gasteiger partial charge < -0.3 is 20.2 Å². The highest BCUT2D eigenvalue weighted by atomic mass is 16.3. The first-order chi connectivity index (χ1) is 9.91. The molecule has 0 aliphatic rings. The van der Waals surface area contributed by atoms with E-state index in [0.29, 0.717) is 0 Å². The highest BCUT2D eigenvalue weighted by molar-refractivity contribution is 5.97. The van der Waals surface area contributed by atoms with Gasteiger partial charge in [-0.1, -0.05) is 18.2 Å². The summed E-state index contributed by atoms with van der Waals surface area (Å²) in [5, 5.41) is 28.5. The Morgan fingerprint density at radius 2 is 1.67 bits per heavy atom. The molecule has 1 unspecified atom stereocenters. The fraction of sp³-hybridized carbons (Fsp3) is 0.188. The Hall–Kier alpha value is -2.69. The summed E-state index contributed by atoms with van der Waals surface area (Å²) in [6.45, 7) is 1.84. The second kappa shape index (κ2) is 5.75. The molecule has 1 atom stereocenters. The van der Waals surface area contributed by atoms with Gasteiger partial charge >= 0.3 is 0 Å². The minimum absolute atomic E-state index is 0.0446. The number of rotatable bonds is 3. The van der Waals surface area contributed by atoms with Gasteiger partial charge in [0.1, 0.15) is 5.75 Å². The maximum atomic E-state index is 12.4. The topological polar surface area (TPSA) is 81.0 Å². The van der Waals surface area contributed by atoms with Crippen molar-refractivity contribution in [3.05, 3.63) is 53.6 Å². The molecule has 2 aromatic carbocycles. The summed E-state index contributed by atoms with van der Waals surface area (Å²) in [5.74, 6) is -0.992. The zero-order valence-electron chi connectivity index (χ0n) is 11.8. The lowest BCUT2D eigenvalue weighted by atomic mass is 10.1. The van der Waals surface area contributed by atoms with Crippen molar-refractivity contribution in [3.63, 3.8) is 0 Å². The Kier molecular flexibility index (Phi) is 4.03. The molecule has 0 fully saturated rings. The van der Waals surface area contributed by atoms with E-state index in [9.17, 15) is 20.1 Å². The highest BCUT2D eigenvalue weighted by Crippen LogP contribution is 2.31. The summed E-state index contributed by atoms with van der Waals surface area (Å²) < 4.78 is 0. The third-order valence-electron chi connectivity index (χ3n) is 3.52. The molecule has 0 spiro atoms. The summed E-state index contributed by atoms with van der Waals surface area (Å²) in [5.41, 5.74) is 0.895. The van der Waals surface area contributed by atoms with E-state index in [0.717, 1.165) is 5.56 Å². The molecule has 0 saturated heterocycles. The van der Waals surface area contributed by atoms with Crippen LogP contribution in [-0.2, 0) is 0 Å². The molecule has 21 heavy (non-hydrogen) atoms. The summed E-state index contributed by atoms with van der Waals surface area (Å²) >= 11 is 0. The van der Waals surface area contributed by atoms with E-state index in [-0.39, 0.29) is 23.1 Å². The van der Waals surface area contributed by atoms with Crippen LogP contribution in [0.2, 0.25) is 0 Å². The van der Waals surface area contributed by atoms with E-state index in [2.05, 4.69) is 0 Å². The van der Waals surface area contributed by atoms with Crippen LogP contribution >= 0.6 is 0 Å². The Bertz CT molecular complexity index is 652. The third-order valence-corrected chi connectivity index (χ3v) is 3.52. The Labute approximate surface area is 122 Å². The summed E-state index contributed by atoms with van der Waals surface area (Å²) in [6.07, 6.45) is 0. The Morgan fingerprint density at radius 3 is 2.29 bits per heavy atom. The number of aromatic hydroxyl groups is 3. The van der Waals surface area contributed by atoms with Crippen LogP contribution in [0.25, 0.3) is 0 Å². The molecule has 0 aliphatic carbocycles. The van der Waals surface area contributed by atoms with Crippen LogP contribution in [-0.4, -0.2) is 33.2 Å². The number of phenolic OH excluding ortho intramolecular Hbond substituents is 3. The van der Waals surface area contributed by atoms with Crippen LogP contribution in [0.5, 0.6) is 17.2 Å². The molecule has 3 N–H and O–H groups in total. The van der Waals surface area contributed by atoms with Gasteiger partial charge in [0.15, 0.2) is 11.5 Å². The van der Waals surface area contributed by atoms with Crippen molar-refractivity contribution in [1.29, 1.82) is 0 Å². The van der Waals surface area contributed by atoms with Crippen LogP contribution in [0.3, 0.4) is 0 Å². The van der Waals surface area contributed by atoms with Gasteiger partial charge in [0, 0.05) is 7.05 Å². The molecule has 5 heteroatoms. The SMILES string of the molecule is CC(c1ccc(O)cc1)N(C)C(=O)c1cccc(O)c1O. The maximum absolute atomic E-state index is 12.4. The lowest BCUT2D eigenvalue weighted by molar-refractivity contribution is 0.0739. The second-order valence-corrected chi connectivity index (χ2v) is 4.86. The number of phenols is 3. The van der Waals surface area contributed by atoms with Crippen molar-refractivity contribution in [2.24, 2.45) is 0 Å². The van der Waals surface area contributed by atoms with Gasteiger partial charge in [-0.15, -0.1) is 0 Å². The number of hydrogen-bond donors (Lipinski definition) is 3. The number of carbonyl (C=O) groups excluding carboxylic acids is 1. The number of carbonyl (C=O) groups is 1. The van der Waals surface area contributed by atoms with Gasteiger partial charge in [0.05, 0.1) is 11.6 Å². The second-order valence-electron chi connectivity index (χ2n) is 4.86. The van der Waals surface area contributed by atoms with E-state index in [1.54, 1.807) is 31.3 Å². The molecule has 0 saturated carbocycles. The smallest absolute Gasteiger partial charge is 0.258 e. The number of hydrogen-bond acceptors (Lipinski definition) is 4. The normalized spacial score (nSPS) is 11.9. The average Bonchev–Trinajstić information content (AvgIpc) is 2.48. The average molecular weight is 287 g/mol. The molecule has 0 aliphatic heterocycles. The molecular formula is C16H17NO4. The van der Waals surface area contributed by atoms with E-state index in [1.807, 2.05) is 6.92 Å². The van der Waals surface area contributed by atoms with Crippen LogP contribution in [0.15, 0.2) is 42.5 Å². The minimum atomic E-state index is -0.424. The van der Waals surface area contributed by atoms with Gasteiger partial charge in [-0.3, -0.25) is 4.79 Å². The number of nitrogens with zero attached hydrogens (tertiary/aromatic N) is 1. The van der Waals surface area contributed by atoms with E-state index in [1.165, 1.54) is 23.1 Å². The molecular weight excluding hydrogens is 270 g/mol. The predicted octanol–water partition coefficient (Wildman–Crippen LogP) is 2.64. The summed E-state index contributed by atoms with van der Waals surface area (Å²) in [6, 6.07) is 10.6. The lowest BCUT2D eigenvalue weighted by Gasteiger charge is -2.25. The zero-order valence-corrected chi connectivity index (χ0v) is 11.8. The first kappa shape index (κ1) is 14.7. The summed E-state index contributed by atoms with van der Waals surface area (Å²) in [7, 11) is 1.61. The lowest BCUT2D eigenvalue weighted by Crippen LogP contribution is -2.29. The minimum Gasteiger partial charge on any atom is -0.508 e. The summed E-state index contributed by atoms with van der Waals surface area (Å²) in [4.78, 5) is 13.9. The molecule has 0 aromatic heterocycles.